The van der Waals surface area contributed by atoms with Gasteiger partial charge in [0.15, 0.2) is 0 Å². The molecule has 0 spiro atoms. The number of amides is 1. The lowest BCUT2D eigenvalue weighted by atomic mass is 9.99. The number of aromatic nitrogens is 1. The standard InChI is InChI=1S/C21H24BrFN2O2/c1-14-18(22)12-19(24-20(26)16-6-4-2-3-5-7-16)21(27)25(14)13-15-8-10-17(23)11-9-15/h8-12,16H,2-7,13H2,1H3,(H,24,26). The van der Waals surface area contributed by atoms with Crippen molar-refractivity contribution in [1.82, 2.24) is 4.57 Å². The maximum Gasteiger partial charge on any atom is 0.274 e. The molecule has 1 aromatic carbocycles. The maximum atomic E-state index is 13.1. The molecule has 0 atom stereocenters. The topological polar surface area (TPSA) is 51.1 Å². The molecule has 0 bridgehead atoms. The number of benzene rings is 1. The number of carbonyl (C=O) groups excluding carboxylic acids is 1. The lowest BCUT2D eigenvalue weighted by Gasteiger charge is -2.17. The zero-order valence-electron chi connectivity index (χ0n) is 15.4. The van der Waals surface area contributed by atoms with Crippen LogP contribution >= 0.6 is 15.9 Å². The molecule has 1 saturated carbocycles. The van der Waals surface area contributed by atoms with E-state index in [2.05, 4.69) is 21.2 Å². The number of hydrogen-bond acceptors (Lipinski definition) is 2. The van der Waals surface area contributed by atoms with E-state index in [1.165, 1.54) is 25.0 Å². The Morgan fingerprint density at radius 3 is 2.44 bits per heavy atom. The molecule has 1 fully saturated rings. The molecule has 3 rings (SSSR count). The van der Waals surface area contributed by atoms with Gasteiger partial charge < -0.3 is 9.88 Å². The summed E-state index contributed by atoms with van der Waals surface area (Å²) in [5.41, 5.74) is 1.61. The predicted octanol–water partition coefficient (Wildman–Crippen LogP) is 5.02. The Morgan fingerprint density at radius 2 is 1.81 bits per heavy atom. The van der Waals surface area contributed by atoms with Crippen LogP contribution in [0.5, 0.6) is 0 Å². The van der Waals surface area contributed by atoms with Crippen LogP contribution in [0.1, 0.15) is 49.8 Å². The summed E-state index contributed by atoms with van der Waals surface area (Å²) in [6.45, 7) is 2.16. The van der Waals surface area contributed by atoms with Gasteiger partial charge in [-0.05, 0) is 59.5 Å². The van der Waals surface area contributed by atoms with Gasteiger partial charge in [0.25, 0.3) is 5.56 Å². The van der Waals surface area contributed by atoms with Gasteiger partial charge in [0.05, 0.1) is 6.54 Å². The lowest BCUT2D eigenvalue weighted by Crippen LogP contribution is -2.30. The molecule has 1 aromatic heterocycles. The number of carbonyl (C=O) groups is 1. The second-order valence-electron chi connectivity index (χ2n) is 7.19. The van der Waals surface area contributed by atoms with Gasteiger partial charge >= 0.3 is 0 Å². The molecule has 0 unspecified atom stereocenters. The Hall–Kier alpha value is -1.95. The van der Waals surface area contributed by atoms with E-state index in [-0.39, 0.29) is 28.9 Å². The molecule has 27 heavy (non-hydrogen) atoms. The molecule has 1 aliphatic rings. The van der Waals surface area contributed by atoms with Gasteiger partial charge in [0.1, 0.15) is 11.5 Å². The Bertz CT molecular complexity index is 869. The summed E-state index contributed by atoms with van der Waals surface area (Å²) >= 11 is 3.48. The van der Waals surface area contributed by atoms with Crippen molar-refractivity contribution in [1.29, 1.82) is 0 Å². The Kier molecular flexibility index (Phi) is 6.47. The largest absolute Gasteiger partial charge is 0.321 e. The number of pyridine rings is 1. The fourth-order valence-electron chi connectivity index (χ4n) is 3.55. The van der Waals surface area contributed by atoms with Crippen molar-refractivity contribution in [2.75, 3.05) is 5.32 Å². The van der Waals surface area contributed by atoms with Crippen LogP contribution in [0, 0.1) is 18.7 Å². The summed E-state index contributed by atoms with van der Waals surface area (Å²) in [7, 11) is 0. The zero-order chi connectivity index (χ0) is 19.4. The van der Waals surface area contributed by atoms with E-state index in [1.807, 2.05) is 6.92 Å². The summed E-state index contributed by atoms with van der Waals surface area (Å²) in [5, 5.41) is 2.85. The SMILES string of the molecule is Cc1c(Br)cc(NC(=O)C2CCCCCC2)c(=O)n1Cc1ccc(F)cc1. The fourth-order valence-corrected chi connectivity index (χ4v) is 3.99. The minimum atomic E-state index is -0.312. The van der Waals surface area contributed by atoms with Crippen LogP contribution in [-0.2, 0) is 11.3 Å². The van der Waals surface area contributed by atoms with Crippen molar-refractivity contribution in [3.05, 3.63) is 62.2 Å². The summed E-state index contributed by atoms with van der Waals surface area (Å²) in [6.07, 6.45) is 6.22. The number of hydrogen-bond donors (Lipinski definition) is 1. The molecule has 0 aliphatic heterocycles. The van der Waals surface area contributed by atoms with Gasteiger partial charge in [0.2, 0.25) is 5.91 Å². The molecule has 1 amide bonds. The molecule has 1 N–H and O–H groups in total. The number of rotatable bonds is 4. The van der Waals surface area contributed by atoms with E-state index >= 15 is 0 Å². The number of nitrogens with one attached hydrogen (secondary N) is 1. The third-order valence-corrected chi connectivity index (χ3v) is 6.04. The minimum Gasteiger partial charge on any atom is -0.321 e. The highest BCUT2D eigenvalue weighted by Gasteiger charge is 2.22. The smallest absolute Gasteiger partial charge is 0.274 e. The molecule has 1 aliphatic carbocycles. The molecule has 0 radical (unpaired) electrons. The van der Waals surface area contributed by atoms with E-state index < -0.39 is 0 Å². The van der Waals surface area contributed by atoms with Gasteiger partial charge in [-0.1, -0.05) is 37.8 Å². The van der Waals surface area contributed by atoms with Gasteiger partial charge in [-0.3, -0.25) is 9.59 Å². The Balaban J connectivity index is 1.85. The summed E-state index contributed by atoms with van der Waals surface area (Å²) in [6, 6.07) is 7.75. The van der Waals surface area contributed by atoms with E-state index in [1.54, 1.807) is 22.8 Å². The molecule has 144 valence electrons. The van der Waals surface area contributed by atoms with Gasteiger partial charge in [-0.25, -0.2) is 4.39 Å². The predicted molar refractivity (Wildman–Crippen MR) is 108 cm³/mol. The van der Waals surface area contributed by atoms with Crippen LogP contribution in [-0.4, -0.2) is 10.5 Å². The lowest BCUT2D eigenvalue weighted by molar-refractivity contribution is -0.120. The van der Waals surface area contributed by atoms with Crippen molar-refractivity contribution in [2.24, 2.45) is 5.92 Å². The number of anilines is 1. The molecule has 0 saturated heterocycles. The van der Waals surface area contributed by atoms with Crippen LogP contribution in [0.2, 0.25) is 0 Å². The average molecular weight is 435 g/mol. The van der Waals surface area contributed by atoms with E-state index in [0.29, 0.717) is 6.54 Å². The maximum absolute atomic E-state index is 13.1. The normalized spacial score (nSPS) is 15.4. The highest BCUT2D eigenvalue weighted by molar-refractivity contribution is 9.10. The second kappa shape index (κ2) is 8.83. The van der Waals surface area contributed by atoms with Crippen molar-refractivity contribution >= 4 is 27.5 Å². The van der Waals surface area contributed by atoms with Crippen LogP contribution in [0.15, 0.2) is 39.6 Å². The molecule has 2 aromatic rings. The van der Waals surface area contributed by atoms with Gasteiger partial charge in [-0.15, -0.1) is 0 Å². The van der Waals surface area contributed by atoms with E-state index in [4.69, 9.17) is 0 Å². The van der Waals surface area contributed by atoms with Crippen LogP contribution in [0.25, 0.3) is 0 Å². The van der Waals surface area contributed by atoms with Crippen molar-refractivity contribution in [2.45, 2.75) is 52.0 Å². The third-order valence-electron chi connectivity index (χ3n) is 5.23. The Labute approximate surface area is 166 Å². The summed E-state index contributed by atoms with van der Waals surface area (Å²) in [5.74, 6) is -0.413. The first-order chi connectivity index (χ1) is 13.0. The van der Waals surface area contributed by atoms with Gasteiger partial charge in [0, 0.05) is 16.1 Å². The molecular formula is C21H24BrFN2O2. The highest BCUT2D eigenvalue weighted by Crippen LogP contribution is 2.25. The first-order valence-electron chi connectivity index (χ1n) is 9.41. The number of nitrogens with zero attached hydrogens (tertiary/aromatic N) is 1. The second-order valence-corrected chi connectivity index (χ2v) is 8.04. The summed E-state index contributed by atoms with van der Waals surface area (Å²) < 4.78 is 15.5. The zero-order valence-corrected chi connectivity index (χ0v) is 17.0. The Morgan fingerprint density at radius 1 is 1.19 bits per heavy atom. The van der Waals surface area contributed by atoms with E-state index in [9.17, 15) is 14.0 Å². The van der Waals surface area contributed by atoms with Crippen molar-refractivity contribution < 1.29 is 9.18 Å². The minimum absolute atomic E-state index is 0.0301. The summed E-state index contributed by atoms with van der Waals surface area (Å²) in [4.78, 5) is 25.6. The molecule has 1 heterocycles. The number of halogens is 2. The molecular weight excluding hydrogens is 411 g/mol. The first-order valence-corrected chi connectivity index (χ1v) is 10.2. The fraction of sp³-hybridized carbons (Fsp3) is 0.429. The quantitative estimate of drug-likeness (QED) is 0.686. The van der Waals surface area contributed by atoms with E-state index in [0.717, 1.165) is 41.4 Å². The van der Waals surface area contributed by atoms with Crippen LogP contribution in [0.4, 0.5) is 10.1 Å². The highest BCUT2D eigenvalue weighted by atomic mass is 79.9. The van der Waals surface area contributed by atoms with Crippen LogP contribution < -0.4 is 10.9 Å². The third kappa shape index (κ3) is 4.86. The monoisotopic (exact) mass is 434 g/mol. The molecule has 6 heteroatoms. The van der Waals surface area contributed by atoms with Crippen molar-refractivity contribution in [3.63, 3.8) is 0 Å². The average Bonchev–Trinajstić information content (AvgIpc) is 2.94. The van der Waals surface area contributed by atoms with Crippen LogP contribution in [0.3, 0.4) is 0 Å². The van der Waals surface area contributed by atoms with Gasteiger partial charge in [-0.2, -0.15) is 0 Å². The molecule has 4 nitrogen and oxygen atoms in total. The van der Waals surface area contributed by atoms with Crippen molar-refractivity contribution in [3.8, 4) is 0 Å². The first kappa shape index (κ1) is 19.8.